The normalized spacial score (nSPS) is 17.0. The predicted molar refractivity (Wildman–Crippen MR) is 96.8 cm³/mol. The second-order valence-corrected chi connectivity index (χ2v) is 8.46. The van der Waals surface area contributed by atoms with Crippen LogP contribution in [0.2, 0.25) is 0 Å². The molecule has 2 aromatic heterocycles. The summed E-state index contributed by atoms with van der Waals surface area (Å²) in [6, 6.07) is 7.25. The van der Waals surface area contributed by atoms with Crippen LogP contribution >= 0.6 is 0 Å². The van der Waals surface area contributed by atoms with Crippen molar-refractivity contribution in [1.82, 2.24) is 18.9 Å². The van der Waals surface area contributed by atoms with Crippen molar-refractivity contribution in [2.24, 2.45) is 0 Å². The molecule has 1 aromatic carbocycles. The first-order valence-corrected chi connectivity index (χ1v) is 10.1. The number of aromatic nitrogens is 2. The summed E-state index contributed by atoms with van der Waals surface area (Å²) in [5.74, 6) is -0.117. The third-order valence-electron chi connectivity index (χ3n) is 4.81. The van der Waals surface area contributed by atoms with Gasteiger partial charge < -0.3 is 8.94 Å². The second kappa shape index (κ2) is 6.63. The van der Waals surface area contributed by atoms with Gasteiger partial charge in [0.25, 0.3) is 0 Å². The lowest BCUT2D eigenvalue weighted by Gasteiger charge is -2.33. The van der Waals surface area contributed by atoms with Gasteiger partial charge in [0.15, 0.2) is 11.3 Å². The number of oxazole rings is 1. The van der Waals surface area contributed by atoms with Gasteiger partial charge in [0.2, 0.25) is 10.0 Å². The van der Waals surface area contributed by atoms with Crippen molar-refractivity contribution in [2.45, 2.75) is 25.4 Å². The van der Waals surface area contributed by atoms with Gasteiger partial charge >= 0.3 is 5.76 Å². The van der Waals surface area contributed by atoms with Gasteiger partial charge in [-0.25, -0.2) is 13.2 Å². The Morgan fingerprint density at radius 1 is 1.11 bits per heavy atom. The number of hydrogen-bond acceptors (Lipinski definition) is 7. The van der Waals surface area contributed by atoms with E-state index in [1.54, 1.807) is 24.5 Å². The Labute approximate surface area is 155 Å². The monoisotopic (exact) mass is 392 g/mol. The van der Waals surface area contributed by atoms with Gasteiger partial charge in [0, 0.05) is 26.2 Å². The lowest BCUT2D eigenvalue weighted by Crippen LogP contribution is -2.49. The van der Waals surface area contributed by atoms with Crippen LogP contribution in [0.3, 0.4) is 0 Å². The first-order chi connectivity index (χ1) is 12.9. The summed E-state index contributed by atoms with van der Waals surface area (Å²) in [6.07, 6.45) is 0. The van der Waals surface area contributed by atoms with Crippen LogP contribution in [-0.2, 0) is 16.7 Å². The Bertz CT molecular complexity index is 1120. The zero-order valence-electron chi connectivity index (χ0n) is 15.1. The Morgan fingerprint density at radius 2 is 1.81 bits per heavy atom. The maximum absolute atomic E-state index is 12.9. The number of rotatable bonds is 4. The van der Waals surface area contributed by atoms with E-state index in [9.17, 15) is 13.2 Å². The van der Waals surface area contributed by atoms with Gasteiger partial charge in [-0.1, -0.05) is 17.3 Å². The molecule has 1 aliphatic heterocycles. The Kier molecular flexibility index (Phi) is 4.41. The maximum atomic E-state index is 12.9. The smallest absolute Gasteiger partial charge is 0.408 e. The highest BCUT2D eigenvalue weighted by atomic mass is 32.2. The standard InChI is InChI=1S/C17H20N4O5S/c1-12-16(13(2)26-18-12)27(23,24)20-9-7-19(8-10-20)11-21-14-5-3-4-6-15(14)25-17(21)22/h3-6H,7-11H2,1-2H3. The Morgan fingerprint density at radius 3 is 2.48 bits per heavy atom. The number of nitrogens with zero attached hydrogens (tertiary/aromatic N) is 4. The highest BCUT2D eigenvalue weighted by Crippen LogP contribution is 2.24. The molecule has 0 N–H and O–H groups in total. The summed E-state index contributed by atoms with van der Waals surface area (Å²) in [4.78, 5) is 14.3. The zero-order chi connectivity index (χ0) is 19.2. The molecule has 9 nitrogen and oxygen atoms in total. The topological polar surface area (TPSA) is 102 Å². The van der Waals surface area contributed by atoms with E-state index in [0.717, 1.165) is 5.52 Å². The van der Waals surface area contributed by atoms with Crippen molar-refractivity contribution in [2.75, 3.05) is 26.2 Å². The van der Waals surface area contributed by atoms with E-state index in [1.807, 2.05) is 23.1 Å². The first kappa shape index (κ1) is 18.0. The van der Waals surface area contributed by atoms with Gasteiger partial charge in [-0.3, -0.25) is 9.47 Å². The van der Waals surface area contributed by atoms with Gasteiger partial charge in [0.05, 0.1) is 12.2 Å². The van der Waals surface area contributed by atoms with Gasteiger partial charge in [-0.2, -0.15) is 4.31 Å². The van der Waals surface area contributed by atoms with Crippen molar-refractivity contribution < 1.29 is 17.4 Å². The quantitative estimate of drug-likeness (QED) is 0.657. The lowest BCUT2D eigenvalue weighted by atomic mass is 10.3. The highest BCUT2D eigenvalue weighted by Gasteiger charge is 2.33. The third kappa shape index (κ3) is 3.09. The Balaban J connectivity index is 1.49. The minimum Gasteiger partial charge on any atom is -0.408 e. The summed E-state index contributed by atoms with van der Waals surface area (Å²) in [7, 11) is -3.64. The molecule has 1 aliphatic rings. The summed E-state index contributed by atoms with van der Waals surface area (Å²) in [5.41, 5.74) is 1.64. The molecule has 0 saturated carbocycles. The molecule has 0 bridgehead atoms. The number of piperazine rings is 1. The van der Waals surface area contributed by atoms with Crippen LogP contribution in [0.25, 0.3) is 11.1 Å². The number of fused-ring (bicyclic) bond motifs is 1. The molecular formula is C17H20N4O5S. The van der Waals surface area contributed by atoms with E-state index < -0.39 is 15.8 Å². The zero-order valence-corrected chi connectivity index (χ0v) is 15.9. The van der Waals surface area contributed by atoms with Crippen LogP contribution in [-0.4, -0.2) is 53.5 Å². The van der Waals surface area contributed by atoms with Crippen molar-refractivity contribution in [3.63, 3.8) is 0 Å². The summed E-state index contributed by atoms with van der Waals surface area (Å²) in [5, 5.41) is 3.74. The molecule has 3 heterocycles. The average molecular weight is 392 g/mol. The third-order valence-corrected chi connectivity index (χ3v) is 6.96. The molecule has 0 unspecified atom stereocenters. The molecule has 4 rings (SSSR count). The fourth-order valence-electron chi connectivity index (χ4n) is 3.43. The molecule has 0 aliphatic carbocycles. The largest absolute Gasteiger partial charge is 0.421 e. The van der Waals surface area contributed by atoms with Crippen LogP contribution < -0.4 is 5.76 Å². The lowest BCUT2D eigenvalue weighted by molar-refractivity contribution is 0.150. The number of benzene rings is 1. The van der Waals surface area contributed by atoms with E-state index in [1.165, 1.54) is 4.31 Å². The van der Waals surface area contributed by atoms with Gasteiger partial charge in [0.1, 0.15) is 10.6 Å². The van der Waals surface area contributed by atoms with E-state index in [0.29, 0.717) is 49.9 Å². The molecule has 10 heteroatoms. The molecule has 0 radical (unpaired) electrons. The van der Waals surface area contributed by atoms with Crippen LogP contribution in [0.1, 0.15) is 11.5 Å². The van der Waals surface area contributed by atoms with E-state index in [2.05, 4.69) is 5.16 Å². The molecule has 3 aromatic rings. The van der Waals surface area contributed by atoms with Gasteiger partial charge in [-0.05, 0) is 26.0 Å². The van der Waals surface area contributed by atoms with E-state index in [-0.39, 0.29) is 4.90 Å². The minimum absolute atomic E-state index is 0.146. The predicted octanol–water partition coefficient (Wildman–Crippen LogP) is 1.16. The van der Waals surface area contributed by atoms with E-state index >= 15 is 0 Å². The fraction of sp³-hybridized carbons (Fsp3) is 0.412. The average Bonchev–Trinajstić information content (AvgIpc) is 3.15. The Hall–Kier alpha value is -2.43. The molecule has 1 saturated heterocycles. The van der Waals surface area contributed by atoms with Crippen LogP contribution in [0.15, 0.2) is 42.9 Å². The first-order valence-electron chi connectivity index (χ1n) is 8.61. The van der Waals surface area contributed by atoms with Crippen molar-refractivity contribution in [3.8, 4) is 0 Å². The second-order valence-electron chi connectivity index (χ2n) is 6.58. The molecule has 1 fully saturated rings. The van der Waals surface area contributed by atoms with Crippen molar-refractivity contribution >= 4 is 21.1 Å². The van der Waals surface area contributed by atoms with E-state index in [4.69, 9.17) is 8.94 Å². The fourth-order valence-corrected chi connectivity index (χ4v) is 5.14. The van der Waals surface area contributed by atoms with Gasteiger partial charge in [-0.15, -0.1) is 0 Å². The number of sulfonamides is 1. The maximum Gasteiger partial charge on any atom is 0.421 e. The number of aryl methyl sites for hydroxylation is 2. The van der Waals surface area contributed by atoms with Crippen LogP contribution in [0, 0.1) is 13.8 Å². The summed E-state index contributed by atoms with van der Waals surface area (Å²) in [6.45, 7) is 5.25. The number of hydrogen-bond donors (Lipinski definition) is 0. The van der Waals surface area contributed by atoms with Crippen LogP contribution in [0.4, 0.5) is 0 Å². The number of para-hydroxylation sites is 2. The molecule has 27 heavy (non-hydrogen) atoms. The molecule has 0 amide bonds. The molecule has 0 spiro atoms. The van der Waals surface area contributed by atoms with Crippen LogP contribution in [0.5, 0.6) is 0 Å². The summed E-state index contributed by atoms with van der Waals surface area (Å²) >= 11 is 0. The highest BCUT2D eigenvalue weighted by molar-refractivity contribution is 7.89. The summed E-state index contributed by atoms with van der Waals surface area (Å²) < 4.78 is 39.0. The molecular weight excluding hydrogens is 372 g/mol. The van der Waals surface area contributed by atoms with Crippen molar-refractivity contribution in [3.05, 3.63) is 46.3 Å². The minimum atomic E-state index is -3.64. The SMILES string of the molecule is Cc1noc(C)c1S(=O)(=O)N1CCN(Cn2c(=O)oc3ccccc32)CC1. The molecule has 144 valence electrons. The van der Waals surface area contributed by atoms with Crippen molar-refractivity contribution in [1.29, 1.82) is 0 Å². The molecule has 0 atom stereocenters.